The lowest BCUT2D eigenvalue weighted by atomic mass is 10.0. The van der Waals surface area contributed by atoms with E-state index in [0.717, 1.165) is 51.4 Å². The Balaban J connectivity index is 3.42. The highest BCUT2D eigenvalue weighted by Crippen LogP contribution is 2.07. The third-order valence-electron chi connectivity index (χ3n) is 5.19. The molecule has 0 rings (SSSR count). The Kier molecular flexibility index (Phi) is 17.0. The fraction of sp³-hybridized carbons (Fsp3) is 0.833. The molecule has 0 aromatic rings. The van der Waals surface area contributed by atoms with Crippen LogP contribution in [0.1, 0.15) is 105 Å². The van der Waals surface area contributed by atoms with Crippen molar-refractivity contribution in [2.24, 2.45) is 11.8 Å². The molecule has 0 saturated heterocycles. The molecule has 0 aliphatic rings. The second kappa shape index (κ2) is 18.1. The average Bonchev–Trinajstić information content (AvgIpc) is 2.69. The van der Waals surface area contributed by atoms with Crippen LogP contribution in [0.15, 0.2) is 0 Å². The van der Waals surface area contributed by atoms with Crippen molar-refractivity contribution >= 4 is 23.4 Å². The monoisotopic (exact) mass is 424 g/mol. The number of nitrogens with one attached hydrogen (secondary N) is 2. The number of carbonyl (C=O) groups excluding carboxylic acids is 4. The molecule has 0 aromatic heterocycles. The minimum atomic E-state index is 0.0642. The summed E-state index contributed by atoms with van der Waals surface area (Å²) in [5.74, 6) is 0.829. The molecule has 0 unspecified atom stereocenters. The Hall–Kier alpha value is -1.72. The van der Waals surface area contributed by atoms with Gasteiger partial charge in [0, 0.05) is 50.6 Å². The first kappa shape index (κ1) is 28.3. The molecule has 0 spiro atoms. The first-order chi connectivity index (χ1) is 14.2. The number of unbranched alkanes of at least 4 members (excludes halogenated alkanes) is 5. The summed E-state index contributed by atoms with van der Waals surface area (Å²) in [6.45, 7) is 8.99. The summed E-state index contributed by atoms with van der Waals surface area (Å²) in [6, 6.07) is 0. The highest BCUT2D eigenvalue weighted by Gasteiger charge is 2.08. The molecule has 6 nitrogen and oxygen atoms in total. The molecule has 0 atom stereocenters. The third-order valence-corrected chi connectivity index (χ3v) is 5.19. The maximum absolute atomic E-state index is 11.7. The summed E-state index contributed by atoms with van der Waals surface area (Å²) in [6.07, 6.45) is 9.14. The molecular formula is C24H44N2O4. The predicted molar refractivity (Wildman–Crippen MR) is 121 cm³/mol. The average molecular weight is 425 g/mol. The number of amides is 2. The fourth-order valence-electron chi connectivity index (χ4n) is 2.98. The standard InChI is InChI=1S/C24H44N2O4/c1-19(2)21(27)13-7-9-15-23(29)25-17-11-5-6-12-18-26-24(30)16-10-8-14-22(28)20(3)4/h19-20H,5-18H2,1-4H3,(H,25,29)(H,26,30). The van der Waals surface area contributed by atoms with Crippen LogP contribution in [0.3, 0.4) is 0 Å². The van der Waals surface area contributed by atoms with E-state index in [4.69, 9.17) is 0 Å². The Morgan fingerprint density at radius 3 is 1.17 bits per heavy atom. The molecule has 0 saturated carbocycles. The van der Waals surface area contributed by atoms with E-state index >= 15 is 0 Å². The normalized spacial score (nSPS) is 11.0. The van der Waals surface area contributed by atoms with Crippen LogP contribution in [0.4, 0.5) is 0 Å². The molecule has 30 heavy (non-hydrogen) atoms. The van der Waals surface area contributed by atoms with Crippen LogP contribution in [0.5, 0.6) is 0 Å². The van der Waals surface area contributed by atoms with Gasteiger partial charge in [-0.2, -0.15) is 0 Å². The van der Waals surface area contributed by atoms with Crippen molar-refractivity contribution in [2.75, 3.05) is 13.1 Å². The Bertz CT molecular complexity index is 469. The maximum atomic E-state index is 11.7. The molecule has 2 N–H and O–H groups in total. The quantitative estimate of drug-likeness (QED) is 0.302. The van der Waals surface area contributed by atoms with Crippen molar-refractivity contribution in [3.63, 3.8) is 0 Å². The van der Waals surface area contributed by atoms with E-state index in [0.29, 0.717) is 38.8 Å². The smallest absolute Gasteiger partial charge is 0.219 e. The Morgan fingerprint density at radius 2 is 0.833 bits per heavy atom. The second-order valence-electron chi connectivity index (χ2n) is 8.77. The minimum absolute atomic E-state index is 0.0642. The maximum Gasteiger partial charge on any atom is 0.219 e. The lowest BCUT2D eigenvalue weighted by Crippen LogP contribution is -2.25. The van der Waals surface area contributed by atoms with Crippen molar-refractivity contribution in [1.82, 2.24) is 10.6 Å². The van der Waals surface area contributed by atoms with Gasteiger partial charge >= 0.3 is 0 Å². The Morgan fingerprint density at radius 1 is 0.500 bits per heavy atom. The van der Waals surface area contributed by atoms with Crippen LogP contribution in [-0.4, -0.2) is 36.5 Å². The fourth-order valence-corrected chi connectivity index (χ4v) is 2.98. The van der Waals surface area contributed by atoms with Crippen molar-refractivity contribution in [2.45, 2.75) is 105 Å². The molecule has 174 valence electrons. The van der Waals surface area contributed by atoms with Crippen LogP contribution in [0.25, 0.3) is 0 Å². The van der Waals surface area contributed by atoms with Crippen molar-refractivity contribution in [3.05, 3.63) is 0 Å². The zero-order valence-corrected chi connectivity index (χ0v) is 19.7. The number of hydrogen-bond donors (Lipinski definition) is 2. The molecule has 2 amide bonds. The van der Waals surface area contributed by atoms with Crippen molar-refractivity contribution in [1.29, 1.82) is 0 Å². The molecule has 0 fully saturated rings. The van der Waals surface area contributed by atoms with Gasteiger partial charge in [-0.05, 0) is 38.5 Å². The lowest BCUT2D eigenvalue weighted by Gasteiger charge is -2.07. The summed E-state index contributed by atoms with van der Waals surface area (Å²) in [5, 5.41) is 5.86. The summed E-state index contributed by atoms with van der Waals surface area (Å²) in [7, 11) is 0. The number of Topliss-reactive ketones (excluding diaryl/α,β-unsaturated/α-hetero) is 2. The minimum Gasteiger partial charge on any atom is -0.356 e. The van der Waals surface area contributed by atoms with Gasteiger partial charge < -0.3 is 10.6 Å². The van der Waals surface area contributed by atoms with E-state index in [1.807, 2.05) is 27.7 Å². The summed E-state index contributed by atoms with van der Waals surface area (Å²) in [5.41, 5.74) is 0. The van der Waals surface area contributed by atoms with Crippen LogP contribution in [0, 0.1) is 11.8 Å². The molecular weight excluding hydrogens is 380 g/mol. The number of rotatable bonds is 19. The zero-order valence-electron chi connectivity index (χ0n) is 19.7. The summed E-state index contributed by atoms with van der Waals surface area (Å²) >= 11 is 0. The first-order valence-corrected chi connectivity index (χ1v) is 11.8. The van der Waals surface area contributed by atoms with E-state index < -0.39 is 0 Å². The molecule has 0 bridgehead atoms. The van der Waals surface area contributed by atoms with E-state index in [-0.39, 0.29) is 35.2 Å². The van der Waals surface area contributed by atoms with Gasteiger partial charge in [-0.25, -0.2) is 0 Å². The van der Waals surface area contributed by atoms with Gasteiger partial charge in [0.05, 0.1) is 0 Å². The van der Waals surface area contributed by atoms with Gasteiger partial charge in [0.25, 0.3) is 0 Å². The van der Waals surface area contributed by atoms with Gasteiger partial charge in [0.2, 0.25) is 11.8 Å². The molecule has 0 aliphatic heterocycles. The highest BCUT2D eigenvalue weighted by atomic mass is 16.2. The topological polar surface area (TPSA) is 92.3 Å². The largest absolute Gasteiger partial charge is 0.356 e. The van der Waals surface area contributed by atoms with Gasteiger partial charge in [0.1, 0.15) is 11.6 Å². The third kappa shape index (κ3) is 17.2. The Labute approximate surface area is 183 Å². The summed E-state index contributed by atoms with van der Waals surface area (Å²) < 4.78 is 0. The van der Waals surface area contributed by atoms with E-state index in [1.165, 1.54) is 0 Å². The van der Waals surface area contributed by atoms with Crippen molar-refractivity contribution < 1.29 is 19.2 Å². The van der Waals surface area contributed by atoms with Crippen LogP contribution in [-0.2, 0) is 19.2 Å². The van der Waals surface area contributed by atoms with Crippen LogP contribution >= 0.6 is 0 Å². The summed E-state index contributed by atoms with van der Waals surface area (Å²) in [4.78, 5) is 46.5. The molecule has 0 aromatic carbocycles. The van der Waals surface area contributed by atoms with Crippen molar-refractivity contribution in [3.8, 4) is 0 Å². The van der Waals surface area contributed by atoms with Crippen LogP contribution in [0.2, 0.25) is 0 Å². The lowest BCUT2D eigenvalue weighted by molar-refractivity contribution is -0.123. The van der Waals surface area contributed by atoms with Gasteiger partial charge in [-0.1, -0.05) is 40.5 Å². The number of hydrogen-bond acceptors (Lipinski definition) is 4. The number of ketones is 2. The highest BCUT2D eigenvalue weighted by molar-refractivity contribution is 5.81. The SMILES string of the molecule is CC(C)C(=O)CCCCC(=O)NCCCCCCNC(=O)CCCCC(=O)C(C)C. The predicted octanol–water partition coefficient (Wildman–Crippen LogP) is 4.35. The van der Waals surface area contributed by atoms with Gasteiger partial charge in [0.15, 0.2) is 0 Å². The van der Waals surface area contributed by atoms with E-state index in [1.54, 1.807) is 0 Å². The van der Waals surface area contributed by atoms with Gasteiger partial charge in [-0.15, -0.1) is 0 Å². The van der Waals surface area contributed by atoms with Gasteiger partial charge in [-0.3, -0.25) is 19.2 Å². The molecule has 6 heteroatoms. The molecule has 0 heterocycles. The molecule has 0 aliphatic carbocycles. The van der Waals surface area contributed by atoms with Crippen LogP contribution < -0.4 is 10.6 Å². The first-order valence-electron chi connectivity index (χ1n) is 11.8. The van der Waals surface area contributed by atoms with E-state index in [9.17, 15) is 19.2 Å². The second-order valence-corrected chi connectivity index (χ2v) is 8.77. The zero-order chi connectivity index (χ0) is 22.8. The van der Waals surface area contributed by atoms with E-state index in [2.05, 4.69) is 10.6 Å². The number of carbonyl (C=O) groups is 4. The molecule has 0 radical (unpaired) electrons.